The van der Waals surface area contributed by atoms with E-state index in [-0.39, 0.29) is 5.91 Å². The molecule has 0 unspecified atom stereocenters. The summed E-state index contributed by atoms with van der Waals surface area (Å²) in [6, 6.07) is 5.07. The maximum Gasteiger partial charge on any atom is 0.225 e. The molecule has 3 N–H and O–H groups in total. The second-order valence-corrected chi connectivity index (χ2v) is 5.57. The van der Waals surface area contributed by atoms with E-state index >= 15 is 0 Å². The van der Waals surface area contributed by atoms with Crippen molar-refractivity contribution in [1.29, 1.82) is 0 Å². The summed E-state index contributed by atoms with van der Waals surface area (Å²) in [5.74, 6) is -0.0229. The third kappa shape index (κ3) is 4.25. The van der Waals surface area contributed by atoms with Gasteiger partial charge < -0.3 is 11.1 Å². The van der Waals surface area contributed by atoms with E-state index < -0.39 is 0 Å². The molecule has 0 aromatic heterocycles. The van der Waals surface area contributed by atoms with Crippen LogP contribution in [0.2, 0.25) is 5.02 Å². The van der Waals surface area contributed by atoms with Crippen molar-refractivity contribution in [1.82, 2.24) is 4.90 Å². The predicted molar refractivity (Wildman–Crippen MR) is 83.9 cm³/mol. The number of nitrogens with zero attached hydrogens (tertiary/aromatic N) is 1. The lowest BCUT2D eigenvalue weighted by Gasteiger charge is -2.24. The van der Waals surface area contributed by atoms with Crippen molar-refractivity contribution in [2.75, 3.05) is 30.7 Å². The molecule has 1 aromatic carbocycles. The van der Waals surface area contributed by atoms with Gasteiger partial charge in [-0.05, 0) is 31.5 Å². The van der Waals surface area contributed by atoms with Gasteiger partial charge in [0, 0.05) is 31.1 Å². The number of hydrogen-bond acceptors (Lipinski definition) is 3. The number of nitrogens with two attached hydrogens (primary N) is 1. The van der Waals surface area contributed by atoms with Gasteiger partial charge in [-0.3, -0.25) is 9.69 Å². The van der Waals surface area contributed by atoms with Crippen LogP contribution >= 0.6 is 11.6 Å². The lowest BCUT2D eigenvalue weighted by atomic mass is 10.1. The molecule has 0 spiro atoms. The summed E-state index contributed by atoms with van der Waals surface area (Å²) in [6.07, 6.45) is 3.78. The van der Waals surface area contributed by atoms with Gasteiger partial charge in [0.05, 0.1) is 11.4 Å². The molecule has 0 saturated carbocycles. The zero-order valence-electron chi connectivity index (χ0n) is 11.7. The SMILES string of the molecule is CC1=CCN(CCC(=O)Nc2ccc(Cl)cc2N)CC1. The maximum atomic E-state index is 11.9. The molecule has 0 aliphatic carbocycles. The Morgan fingerprint density at radius 2 is 2.30 bits per heavy atom. The fraction of sp³-hybridized carbons (Fsp3) is 0.400. The van der Waals surface area contributed by atoms with Crippen molar-refractivity contribution < 1.29 is 4.79 Å². The van der Waals surface area contributed by atoms with Crippen molar-refractivity contribution in [3.8, 4) is 0 Å². The lowest BCUT2D eigenvalue weighted by Crippen LogP contribution is -2.31. The molecular weight excluding hydrogens is 274 g/mol. The Balaban J connectivity index is 1.81. The molecule has 1 aromatic rings. The number of nitrogen functional groups attached to an aromatic ring is 1. The normalized spacial score (nSPS) is 15.8. The fourth-order valence-corrected chi connectivity index (χ4v) is 2.32. The van der Waals surface area contributed by atoms with Crippen molar-refractivity contribution in [3.05, 3.63) is 34.9 Å². The number of carbonyl (C=O) groups is 1. The summed E-state index contributed by atoms with van der Waals surface area (Å²) in [5.41, 5.74) is 8.34. The summed E-state index contributed by atoms with van der Waals surface area (Å²) in [7, 11) is 0. The molecule has 20 heavy (non-hydrogen) atoms. The Labute approximate surface area is 124 Å². The molecule has 0 fully saturated rings. The lowest BCUT2D eigenvalue weighted by molar-refractivity contribution is -0.116. The van der Waals surface area contributed by atoms with Crippen molar-refractivity contribution in [2.24, 2.45) is 0 Å². The van der Waals surface area contributed by atoms with Crippen LogP contribution in [0, 0.1) is 0 Å². The average Bonchev–Trinajstić information content (AvgIpc) is 2.41. The van der Waals surface area contributed by atoms with E-state index in [1.165, 1.54) is 5.57 Å². The van der Waals surface area contributed by atoms with Crippen LogP contribution in [0.25, 0.3) is 0 Å². The molecule has 0 saturated heterocycles. The van der Waals surface area contributed by atoms with Gasteiger partial charge in [0.1, 0.15) is 0 Å². The van der Waals surface area contributed by atoms with Gasteiger partial charge >= 0.3 is 0 Å². The van der Waals surface area contributed by atoms with E-state index in [9.17, 15) is 4.79 Å². The van der Waals surface area contributed by atoms with Crippen LogP contribution < -0.4 is 11.1 Å². The van der Waals surface area contributed by atoms with Crippen LogP contribution in [-0.2, 0) is 4.79 Å². The van der Waals surface area contributed by atoms with Gasteiger partial charge in [-0.15, -0.1) is 0 Å². The Bertz CT molecular complexity index is 528. The van der Waals surface area contributed by atoms with Crippen LogP contribution in [0.5, 0.6) is 0 Å². The molecular formula is C15H20ClN3O. The van der Waals surface area contributed by atoms with Crippen LogP contribution in [0.1, 0.15) is 19.8 Å². The zero-order valence-corrected chi connectivity index (χ0v) is 12.4. The minimum atomic E-state index is -0.0229. The van der Waals surface area contributed by atoms with Crippen molar-refractivity contribution >= 4 is 28.9 Å². The van der Waals surface area contributed by atoms with Crippen LogP contribution in [0.3, 0.4) is 0 Å². The van der Waals surface area contributed by atoms with Gasteiger partial charge in [-0.25, -0.2) is 0 Å². The molecule has 1 heterocycles. The summed E-state index contributed by atoms with van der Waals surface area (Å²) in [4.78, 5) is 14.2. The number of nitrogens with one attached hydrogen (secondary N) is 1. The van der Waals surface area contributed by atoms with Crippen LogP contribution in [0.15, 0.2) is 29.8 Å². The number of halogens is 1. The molecule has 108 valence electrons. The number of carbonyl (C=O) groups excluding carboxylic acids is 1. The minimum absolute atomic E-state index is 0.0229. The van der Waals surface area contributed by atoms with Gasteiger partial charge in [-0.1, -0.05) is 23.3 Å². The Morgan fingerprint density at radius 1 is 1.50 bits per heavy atom. The van der Waals surface area contributed by atoms with E-state index in [1.54, 1.807) is 18.2 Å². The summed E-state index contributed by atoms with van der Waals surface area (Å²) < 4.78 is 0. The van der Waals surface area contributed by atoms with Gasteiger partial charge in [0.2, 0.25) is 5.91 Å². The topological polar surface area (TPSA) is 58.4 Å². The van der Waals surface area contributed by atoms with E-state index in [2.05, 4.69) is 23.2 Å². The minimum Gasteiger partial charge on any atom is -0.397 e. The molecule has 0 atom stereocenters. The number of hydrogen-bond donors (Lipinski definition) is 2. The molecule has 0 radical (unpaired) electrons. The monoisotopic (exact) mass is 293 g/mol. The quantitative estimate of drug-likeness (QED) is 0.663. The van der Waals surface area contributed by atoms with E-state index in [0.29, 0.717) is 22.8 Å². The molecule has 5 heteroatoms. The summed E-state index contributed by atoms with van der Waals surface area (Å²) in [6.45, 7) is 4.87. The first-order valence-corrected chi connectivity index (χ1v) is 7.15. The Hall–Kier alpha value is -1.52. The maximum absolute atomic E-state index is 11.9. The highest BCUT2D eigenvalue weighted by molar-refractivity contribution is 6.31. The second kappa shape index (κ2) is 6.77. The van der Waals surface area contributed by atoms with E-state index in [4.69, 9.17) is 17.3 Å². The smallest absolute Gasteiger partial charge is 0.225 e. The second-order valence-electron chi connectivity index (χ2n) is 5.13. The average molecular weight is 294 g/mol. The summed E-state index contributed by atoms with van der Waals surface area (Å²) in [5, 5.41) is 3.39. The Kier molecular flexibility index (Phi) is 5.04. The third-order valence-electron chi connectivity index (χ3n) is 3.46. The highest BCUT2D eigenvalue weighted by atomic mass is 35.5. The van der Waals surface area contributed by atoms with E-state index in [1.807, 2.05) is 0 Å². The molecule has 0 bridgehead atoms. The number of rotatable bonds is 4. The molecule has 1 aliphatic heterocycles. The number of benzene rings is 1. The highest BCUT2D eigenvalue weighted by Crippen LogP contribution is 2.22. The third-order valence-corrected chi connectivity index (χ3v) is 3.70. The van der Waals surface area contributed by atoms with Crippen molar-refractivity contribution in [3.63, 3.8) is 0 Å². The zero-order chi connectivity index (χ0) is 14.5. The van der Waals surface area contributed by atoms with Gasteiger partial charge in [-0.2, -0.15) is 0 Å². The molecule has 2 rings (SSSR count). The fourth-order valence-electron chi connectivity index (χ4n) is 2.14. The first kappa shape index (κ1) is 14.9. The highest BCUT2D eigenvalue weighted by Gasteiger charge is 2.11. The standard InChI is InChI=1S/C15H20ClN3O/c1-11-4-7-19(8-5-11)9-6-15(20)18-14-3-2-12(16)10-13(14)17/h2-4,10H,5-9,17H2,1H3,(H,18,20). The number of amides is 1. The molecule has 4 nitrogen and oxygen atoms in total. The molecule has 1 amide bonds. The van der Waals surface area contributed by atoms with Crippen LogP contribution in [-0.4, -0.2) is 30.4 Å². The summed E-state index contributed by atoms with van der Waals surface area (Å²) >= 11 is 5.82. The number of anilines is 2. The van der Waals surface area contributed by atoms with Crippen LogP contribution in [0.4, 0.5) is 11.4 Å². The molecule has 1 aliphatic rings. The van der Waals surface area contributed by atoms with Gasteiger partial charge in [0.15, 0.2) is 0 Å². The largest absolute Gasteiger partial charge is 0.397 e. The van der Waals surface area contributed by atoms with Crippen molar-refractivity contribution in [2.45, 2.75) is 19.8 Å². The van der Waals surface area contributed by atoms with E-state index in [0.717, 1.165) is 26.1 Å². The van der Waals surface area contributed by atoms with Gasteiger partial charge in [0.25, 0.3) is 0 Å². The Morgan fingerprint density at radius 3 is 2.95 bits per heavy atom. The first-order chi connectivity index (χ1) is 9.54. The first-order valence-electron chi connectivity index (χ1n) is 6.77. The predicted octanol–water partition coefficient (Wildman–Crippen LogP) is 2.90.